The molecule has 7 atom stereocenters. The lowest BCUT2D eigenvalue weighted by molar-refractivity contribution is -0.0691. The highest BCUT2D eigenvalue weighted by molar-refractivity contribution is 7.47. The minimum Gasteiger partial charge on any atom is -0.394 e. The molecule has 0 aliphatic carbocycles. The van der Waals surface area contributed by atoms with Crippen LogP contribution in [0.25, 0.3) is 5.52 Å². The summed E-state index contributed by atoms with van der Waals surface area (Å²) in [7, 11) is -4.86. The number of hydrogen-bond acceptors (Lipinski definition) is 17. The Balaban J connectivity index is 0.000000452. The summed E-state index contributed by atoms with van der Waals surface area (Å²) >= 11 is 0. The predicted octanol–water partition coefficient (Wildman–Crippen LogP) is 15.0. The molecule has 1 fully saturated rings. The number of fused-ring (bicyclic) bond motifs is 1. The fourth-order valence-corrected chi connectivity index (χ4v) is 12.0. The SMILES string of the molecule is CCCCCCCCCCCCCCCCCCOC[C@H](CO)OCc1c(F)cccc1C#N.CCCCCCCCCCCCCCCCCCOC[C@H](COP(=O)(O)OC[C@H]1O[C@@](C#N)(c2ccc3c(N)ncnn23)[C@H](O)[C@@H]1O)OCc1c(F)cccc1C#N. The van der Waals surface area contributed by atoms with Crippen molar-refractivity contribution in [3.8, 4) is 18.2 Å². The van der Waals surface area contributed by atoms with Crippen molar-refractivity contribution >= 4 is 19.2 Å². The topological polar surface area (TPSA) is 290 Å². The molecule has 2 aromatic heterocycles. The second kappa shape index (κ2) is 47.8. The van der Waals surface area contributed by atoms with Gasteiger partial charge in [-0.05, 0) is 49.2 Å². The molecule has 1 saturated heterocycles. The number of rotatable bonds is 52. The minimum atomic E-state index is -4.86. The van der Waals surface area contributed by atoms with Crippen LogP contribution in [-0.2, 0) is 56.1 Å². The smallest absolute Gasteiger partial charge is 0.394 e. The third-order valence-corrected chi connectivity index (χ3v) is 17.8. The van der Waals surface area contributed by atoms with Crippen LogP contribution in [0, 0.1) is 45.6 Å². The first-order valence-corrected chi connectivity index (χ1v) is 35.8. The van der Waals surface area contributed by atoms with E-state index in [2.05, 4.69) is 23.9 Å². The Bertz CT molecular complexity index is 2800. The minimum absolute atomic E-state index is 0.0213. The average molecular weight is 1310 g/mol. The van der Waals surface area contributed by atoms with E-state index < -0.39 is 68.8 Å². The number of benzene rings is 2. The van der Waals surface area contributed by atoms with E-state index in [9.17, 15) is 44.1 Å². The molecule has 0 radical (unpaired) electrons. The molecule has 0 amide bonds. The first kappa shape index (κ1) is 79.4. The van der Waals surface area contributed by atoms with Crippen LogP contribution in [0.1, 0.15) is 247 Å². The quantitative estimate of drug-likeness (QED) is 0.0203. The predicted molar refractivity (Wildman–Crippen MR) is 351 cm³/mol. The monoisotopic (exact) mass is 1310 g/mol. The van der Waals surface area contributed by atoms with Crippen molar-refractivity contribution in [1.82, 2.24) is 14.6 Å². The van der Waals surface area contributed by atoms with E-state index in [0.29, 0.717) is 18.7 Å². The van der Waals surface area contributed by atoms with Gasteiger partial charge in [-0.25, -0.2) is 22.8 Å². The molecule has 1 unspecified atom stereocenters. The van der Waals surface area contributed by atoms with Crippen LogP contribution >= 0.6 is 7.82 Å². The lowest BCUT2D eigenvalue weighted by atomic mass is 9.92. The number of aliphatic hydroxyl groups excluding tert-OH is 3. The van der Waals surface area contributed by atoms with E-state index in [1.165, 1.54) is 220 Å². The highest BCUT2D eigenvalue weighted by Gasteiger charge is 2.58. The zero-order valence-corrected chi connectivity index (χ0v) is 56.0. The third kappa shape index (κ3) is 29.7. The van der Waals surface area contributed by atoms with E-state index in [4.69, 9.17) is 43.7 Å². The van der Waals surface area contributed by atoms with E-state index in [-0.39, 0.29) is 66.8 Å². The molecule has 1 aliphatic rings. The molecule has 1 aliphatic heterocycles. The molecule has 2 aromatic carbocycles. The molecule has 19 nitrogen and oxygen atoms in total. The van der Waals surface area contributed by atoms with Crippen LogP contribution < -0.4 is 5.73 Å². The highest BCUT2D eigenvalue weighted by atomic mass is 31.2. The number of phosphoric acid groups is 1. The number of nitriles is 3. The summed E-state index contributed by atoms with van der Waals surface area (Å²) in [6, 6.07) is 17.2. The maximum absolute atomic E-state index is 14.6. The third-order valence-electron chi connectivity index (χ3n) is 16.8. The first-order valence-electron chi connectivity index (χ1n) is 34.3. The zero-order valence-electron chi connectivity index (χ0n) is 55.1. The fourth-order valence-electron chi connectivity index (χ4n) is 11.2. The van der Waals surface area contributed by atoms with E-state index in [1.807, 2.05) is 18.2 Å². The van der Waals surface area contributed by atoms with Crippen LogP contribution in [0.5, 0.6) is 0 Å². The summed E-state index contributed by atoms with van der Waals surface area (Å²) in [5, 5.41) is 64.0. The Hall–Kier alpha value is -5.02. The van der Waals surface area contributed by atoms with Crippen molar-refractivity contribution in [2.45, 2.75) is 269 Å². The van der Waals surface area contributed by atoms with Gasteiger partial charge in [0, 0.05) is 24.3 Å². The number of phosphoric ester groups is 1. The Labute approximate surface area is 546 Å². The Morgan fingerprint density at radius 3 is 1.47 bits per heavy atom. The van der Waals surface area contributed by atoms with Crippen molar-refractivity contribution in [2.24, 2.45) is 0 Å². The van der Waals surface area contributed by atoms with Crippen LogP contribution in [0.15, 0.2) is 54.9 Å². The number of aliphatic hydroxyl groups is 3. The molecule has 4 aromatic rings. The average Bonchev–Trinajstić information content (AvgIpc) is 1.58. The van der Waals surface area contributed by atoms with Crippen molar-refractivity contribution in [1.29, 1.82) is 15.8 Å². The number of aromatic nitrogens is 3. The normalized spacial score (nSPS) is 17.6. The maximum atomic E-state index is 14.6. The van der Waals surface area contributed by atoms with Gasteiger partial charge in [-0.1, -0.05) is 219 Å². The molecule has 0 bridgehead atoms. The van der Waals surface area contributed by atoms with Crippen molar-refractivity contribution < 1.29 is 66.3 Å². The molecular formula is C70H108F2N7O12P. The van der Waals surface area contributed by atoms with Gasteiger partial charge in [0.1, 0.15) is 60.1 Å². The number of nitrogen functional groups attached to an aromatic ring is 1. The zero-order chi connectivity index (χ0) is 66.5. The van der Waals surface area contributed by atoms with Crippen molar-refractivity contribution in [3.63, 3.8) is 0 Å². The van der Waals surface area contributed by atoms with E-state index in [0.717, 1.165) is 38.4 Å². The Morgan fingerprint density at radius 1 is 0.620 bits per heavy atom. The number of nitrogens with two attached hydrogens (primary N) is 1. The lowest BCUT2D eigenvalue weighted by Crippen LogP contribution is -2.41. The molecule has 0 saturated carbocycles. The van der Waals surface area contributed by atoms with Gasteiger partial charge in [-0.3, -0.25) is 9.05 Å². The molecule has 5 rings (SSSR count). The second-order valence-corrected chi connectivity index (χ2v) is 25.7. The van der Waals surface area contributed by atoms with Gasteiger partial charge in [-0.2, -0.15) is 20.9 Å². The maximum Gasteiger partial charge on any atom is 0.472 e. The van der Waals surface area contributed by atoms with Crippen LogP contribution in [0.2, 0.25) is 0 Å². The van der Waals surface area contributed by atoms with Crippen molar-refractivity contribution in [3.05, 3.63) is 94.4 Å². The molecule has 514 valence electrons. The highest BCUT2D eigenvalue weighted by Crippen LogP contribution is 2.46. The van der Waals surface area contributed by atoms with Gasteiger partial charge in [0.05, 0.1) is 75.2 Å². The molecule has 0 spiro atoms. The summed E-state index contributed by atoms with van der Waals surface area (Å²) in [6.07, 6.45) is 36.0. The lowest BCUT2D eigenvalue weighted by Gasteiger charge is -2.24. The number of anilines is 1. The molecule has 22 heteroatoms. The van der Waals surface area contributed by atoms with Crippen LogP contribution in [-0.4, -0.2) is 112 Å². The van der Waals surface area contributed by atoms with Gasteiger partial charge >= 0.3 is 7.82 Å². The largest absolute Gasteiger partial charge is 0.472 e. The van der Waals surface area contributed by atoms with Gasteiger partial charge in [0.25, 0.3) is 0 Å². The van der Waals surface area contributed by atoms with E-state index >= 15 is 0 Å². The standard InChI is InChI=1S/C41H60FN6O9P.C29H48FNO3/c1-2-3-4-5-6-7-8-9-10-11-12-13-14-15-16-17-23-53-25-32(54-27-33-31(24-43)19-18-20-34(33)42)26-55-58(51,52)56-28-36-38(49)39(50)41(29-44,57-36)37-22-21-35-40(45)46-30-47-48(35)37;1-2-3-4-5-6-7-8-9-10-11-12-13-14-15-16-17-21-33-24-27(23-32)34-25-28-26(22-31)19-18-20-29(28)30/h18-22,30,32,36,38-39,49-50H,2-17,23,25-28H2,1H3,(H,51,52)(H2,45,46,47);18-20,27,32H,2-17,21,23-25H2,1H3/t32-,36-,38-,39-,41+;27-/m10/s1. The number of ether oxygens (including phenoxy) is 5. The van der Waals surface area contributed by atoms with Gasteiger partial charge in [0.15, 0.2) is 5.82 Å². The number of nitrogens with zero attached hydrogens (tertiary/aromatic N) is 6. The molecule has 6 N–H and O–H groups in total. The van der Waals surface area contributed by atoms with Gasteiger partial charge < -0.3 is 49.6 Å². The van der Waals surface area contributed by atoms with E-state index in [1.54, 1.807) is 6.07 Å². The summed E-state index contributed by atoms with van der Waals surface area (Å²) in [4.78, 5) is 14.5. The van der Waals surface area contributed by atoms with Gasteiger partial charge in [0.2, 0.25) is 5.60 Å². The molecular weight excluding hydrogens is 1200 g/mol. The second-order valence-electron chi connectivity index (χ2n) is 24.2. The van der Waals surface area contributed by atoms with Crippen LogP contribution in [0.4, 0.5) is 14.6 Å². The van der Waals surface area contributed by atoms with Crippen molar-refractivity contribution in [2.75, 3.05) is 52.0 Å². The molecule has 3 heterocycles. The number of hydrogen-bond donors (Lipinski definition) is 5. The first-order chi connectivity index (χ1) is 44.8. The Morgan fingerprint density at radius 2 is 1.04 bits per heavy atom. The fraction of sp³-hybridized carbons (Fsp3) is 0.700. The van der Waals surface area contributed by atoms with Gasteiger partial charge in [-0.15, -0.1) is 0 Å². The summed E-state index contributed by atoms with van der Waals surface area (Å²) < 4.78 is 81.8. The summed E-state index contributed by atoms with van der Waals surface area (Å²) in [5.74, 6) is -1.00. The molecule has 92 heavy (non-hydrogen) atoms. The summed E-state index contributed by atoms with van der Waals surface area (Å²) in [6.45, 7) is 3.93. The number of halogens is 2. The summed E-state index contributed by atoms with van der Waals surface area (Å²) in [5.41, 5.74) is 4.72. The van der Waals surface area contributed by atoms with Crippen LogP contribution in [0.3, 0.4) is 0 Å². The number of unbranched alkanes of at least 4 members (excludes halogenated alkanes) is 30. The Kier molecular flexibility index (Phi) is 41.3.